The van der Waals surface area contributed by atoms with E-state index in [9.17, 15) is 14.4 Å². The molecule has 9 nitrogen and oxygen atoms in total. The lowest BCUT2D eigenvalue weighted by molar-refractivity contribution is -0.918. The van der Waals surface area contributed by atoms with Gasteiger partial charge in [0, 0.05) is 11.1 Å². The van der Waals surface area contributed by atoms with E-state index in [1.165, 1.54) is 0 Å². The second kappa shape index (κ2) is 15.5. The van der Waals surface area contributed by atoms with E-state index in [4.69, 9.17) is 18.9 Å². The number of hydrogen-bond acceptors (Lipinski definition) is 7. The van der Waals surface area contributed by atoms with Crippen LogP contribution in [0, 0.1) is 0 Å². The molecule has 0 unspecified atom stereocenters. The van der Waals surface area contributed by atoms with Gasteiger partial charge < -0.3 is 27.9 Å². The third kappa shape index (κ3) is 8.82. The summed E-state index contributed by atoms with van der Waals surface area (Å²) < 4.78 is 24.1. The Kier molecular flexibility index (Phi) is 12.4. The van der Waals surface area contributed by atoms with Crippen LogP contribution in [0.3, 0.4) is 0 Å². The zero-order chi connectivity index (χ0) is 32.5. The van der Waals surface area contributed by atoms with E-state index in [1.807, 2.05) is 64.1 Å². The normalized spacial score (nSPS) is 12.7. The lowest BCUT2D eigenvalue weighted by Gasteiger charge is -2.35. The highest BCUT2D eigenvalue weighted by Crippen LogP contribution is 2.40. The van der Waals surface area contributed by atoms with Gasteiger partial charge in [0.2, 0.25) is 0 Å². The molecule has 44 heavy (non-hydrogen) atoms. The highest BCUT2D eigenvalue weighted by atomic mass is 16.5. The summed E-state index contributed by atoms with van der Waals surface area (Å²) in [6.45, 7) is 21.6. The quantitative estimate of drug-likeness (QED) is 0.143. The molecule has 0 amide bonds. The molecular weight excluding hydrogens is 560 g/mol. The summed E-state index contributed by atoms with van der Waals surface area (Å²) in [6, 6.07) is 11.3. The van der Waals surface area contributed by atoms with Crippen LogP contribution < -0.4 is 9.47 Å². The van der Waals surface area contributed by atoms with Crippen LogP contribution in [0.1, 0.15) is 71.3 Å². The number of carbonyl (C=O) groups is 3. The number of quaternary nitrogens is 2. The predicted octanol–water partition coefficient (Wildman–Crippen LogP) is 5.27. The summed E-state index contributed by atoms with van der Waals surface area (Å²) in [5.41, 5.74) is 2.98. The van der Waals surface area contributed by atoms with E-state index < -0.39 is 0 Å². The van der Waals surface area contributed by atoms with Crippen LogP contribution in [0.2, 0.25) is 0 Å². The Balaban J connectivity index is 1.63. The van der Waals surface area contributed by atoms with Crippen molar-refractivity contribution in [2.75, 3.05) is 65.6 Å². The first-order valence-electron chi connectivity index (χ1n) is 16.1. The largest absolute Gasteiger partial charge is 0.488 e. The maximum absolute atomic E-state index is 13.4. The van der Waals surface area contributed by atoms with Crippen molar-refractivity contribution in [1.82, 2.24) is 0 Å². The molecule has 0 N–H and O–H groups in total. The lowest BCUT2D eigenvalue weighted by Crippen LogP contribution is -2.53. The number of benzene rings is 2. The Bertz CT molecular complexity index is 1200. The first-order chi connectivity index (χ1) is 20.9. The van der Waals surface area contributed by atoms with Gasteiger partial charge in [-0.05, 0) is 103 Å². The predicted molar refractivity (Wildman–Crippen MR) is 171 cm³/mol. The molecule has 0 bridgehead atoms. The first kappa shape index (κ1) is 35.1. The number of rotatable bonds is 18. The number of fused-ring (bicyclic) bond motifs is 3. The zero-order valence-corrected chi connectivity index (χ0v) is 27.9. The van der Waals surface area contributed by atoms with Crippen molar-refractivity contribution in [2.24, 2.45) is 0 Å². The van der Waals surface area contributed by atoms with Crippen LogP contribution >= 0.6 is 0 Å². The van der Waals surface area contributed by atoms with Crippen LogP contribution in [0.15, 0.2) is 36.4 Å². The Labute approximate surface area is 263 Å². The fourth-order valence-corrected chi connectivity index (χ4v) is 5.76. The monoisotopic (exact) mass is 612 g/mol. The molecule has 0 aliphatic heterocycles. The Morgan fingerprint density at radius 2 is 0.977 bits per heavy atom. The van der Waals surface area contributed by atoms with Crippen molar-refractivity contribution in [1.29, 1.82) is 0 Å². The average Bonchev–Trinajstić information content (AvgIpc) is 3.25. The van der Waals surface area contributed by atoms with E-state index >= 15 is 0 Å². The van der Waals surface area contributed by atoms with E-state index in [0.717, 1.165) is 37.3 Å². The maximum Gasteiger partial charge on any atom is 0.362 e. The second-order valence-electron chi connectivity index (χ2n) is 12.2. The minimum absolute atomic E-state index is 0.0572. The van der Waals surface area contributed by atoms with Crippen molar-refractivity contribution < 1.29 is 42.3 Å². The number of ether oxygens (including phenoxy) is 4. The Morgan fingerprint density at radius 3 is 1.30 bits per heavy atom. The fraction of sp³-hybridized carbons (Fsp3) is 0.571. The first-order valence-corrected chi connectivity index (χ1v) is 16.1. The summed E-state index contributed by atoms with van der Waals surface area (Å²) >= 11 is 0. The third-order valence-corrected chi connectivity index (χ3v) is 8.78. The van der Waals surface area contributed by atoms with Gasteiger partial charge in [-0.1, -0.05) is 0 Å². The minimum atomic E-state index is -0.201. The molecule has 0 saturated heterocycles. The molecule has 242 valence electrons. The summed E-state index contributed by atoms with van der Waals surface area (Å²) in [5.74, 6) is 0.793. The summed E-state index contributed by atoms with van der Waals surface area (Å²) in [7, 11) is 0. The van der Waals surface area contributed by atoms with Gasteiger partial charge in [0.15, 0.2) is 18.9 Å². The topological polar surface area (TPSA) is 88.1 Å². The molecule has 1 aliphatic rings. The second-order valence-corrected chi connectivity index (χ2v) is 12.2. The Morgan fingerprint density at radius 1 is 0.614 bits per heavy atom. The van der Waals surface area contributed by atoms with Gasteiger partial charge >= 0.3 is 11.9 Å². The van der Waals surface area contributed by atoms with Crippen molar-refractivity contribution in [3.05, 3.63) is 47.5 Å². The molecule has 0 spiro atoms. The highest BCUT2D eigenvalue weighted by Gasteiger charge is 2.31. The number of likely N-dealkylation sites (N-methyl/N-ethyl adjacent to an activating group) is 2. The van der Waals surface area contributed by atoms with Gasteiger partial charge in [-0.15, -0.1) is 0 Å². The van der Waals surface area contributed by atoms with Crippen molar-refractivity contribution in [3.8, 4) is 22.6 Å². The molecule has 9 heteroatoms. The molecule has 0 radical (unpaired) electrons. The van der Waals surface area contributed by atoms with E-state index in [2.05, 4.69) is 27.7 Å². The standard InChI is InChI=1S/C35H52N2O7/c1-9-36(10-2,23-33(38)43-25(5)6)17-19-41-27-13-15-29-30-16-14-28(22-32(30)35(40)31(29)21-27)42-20-18-37(11-3,12-4)24-34(39)44-26(7)8/h13-16,21-22,25-26H,9-12,17-20,23-24H2,1-8H3/q+2. The van der Waals surface area contributed by atoms with Gasteiger partial charge in [-0.25, -0.2) is 9.59 Å². The van der Waals surface area contributed by atoms with Gasteiger partial charge in [-0.2, -0.15) is 0 Å². The smallest absolute Gasteiger partial charge is 0.362 e. The van der Waals surface area contributed by atoms with Crippen molar-refractivity contribution >= 4 is 17.7 Å². The fourth-order valence-electron chi connectivity index (χ4n) is 5.76. The zero-order valence-electron chi connectivity index (χ0n) is 27.9. The van der Waals surface area contributed by atoms with E-state index in [-0.39, 0.29) is 29.9 Å². The molecule has 0 heterocycles. The number of ketones is 1. The lowest BCUT2D eigenvalue weighted by atomic mass is 10.1. The van der Waals surface area contributed by atoms with E-state index in [1.54, 1.807) is 0 Å². The van der Waals surface area contributed by atoms with Crippen LogP contribution in [0.4, 0.5) is 0 Å². The number of nitrogens with zero attached hydrogens (tertiary/aromatic N) is 2. The van der Waals surface area contributed by atoms with Gasteiger partial charge in [0.25, 0.3) is 0 Å². The number of carbonyl (C=O) groups excluding carboxylic acids is 3. The average molecular weight is 613 g/mol. The number of esters is 2. The van der Waals surface area contributed by atoms with Crippen LogP contribution in [-0.2, 0) is 19.1 Å². The van der Waals surface area contributed by atoms with Gasteiger partial charge in [0.1, 0.15) is 37.8 Å². The van der Waals surface area contributed by atoms with Crippen LogP contribution in [0.5, 0.6) is 11.5 Å². The Hall–Kier alpha value is -3.43. The molecule has 1 aliphatic carbocycles. The van der Waals surface area contributed by atoms with Gasteiger partial charge in [0.05, 0.1) is 38.4 Å². The summed E-state index contributed by atoms with van der Waals surface area (Å²) in [5, 5.41) is 0. The van der Waals surface area contributed by atoms with Crippen molar-refractivity contribution in [3.63, 3.8) is 0 Å². The molecule has 2 aromatic rings. The molecular formula is C35H52N2O7+2. The van der Waals surface area contributed by atoms with Crippen LogP contribution in [-0.4, -0.2) is 104 Å². The summed E-state index contributed by atoms with van der Waals surface area (Å²) in [4.78, 5) is 38.2. The van der Waals surface area contributed by atoms with Crippen LogP contribution in [0.25, 0.3) is 11.1 Å². The maximum atomic E-state index is 13.4. The van der Waals surface area contributed by atoms with Gasteiger partial charge in [-0.3, -0.25) is 4.79 Å². The third-order valence-electron chi connectivity index (χ3n) is 8.78. The van der Waals surface area contributed by atoms with E-state index in [0.29, 0.717) is 71.0 Å². The molecule has 0 fully saturated rings. The SMILES string of the molecule is CC[N+](CC)(CCOc1ccc2c(c1)C(=O)c1cc(OCC[N+](CC)(CC)CC(=O)OC(C)C)ccc1-2)CC(=O)OC(C)C. The molecule has 0 aromatic heterocycles. The molecule has 2 aromatic carbocycles. The minimum Gasteiger partial charge on any atom is -0.488 e. The molecule has 0 saturated carbocycles. The summed E-state index contributed by atoms with van der Waals surface area (Å²) in [6.07, 6.45) is -0.282. The molecule has 3 rings (SSSR count). The highest BCUT2D eigenvalue weighted by molar-refractivity contribution is 6.22. The number of hydrogen-bond donors (Lipinski definition) is 0. The molecule has 0 atom stereocenters. The van der Waals surface area contributed by atoms with Crippen molar-refractivity contribution in [2.45, 2.75) is 67.6 Å².